The number of anilines is 1. The highest BCUT2D eigenvalue weighted by Crippen LogP contribution is 2.35. The lowest BCUT2D eigenvalue weighted by molar-refractivity contribution is 0.434. The van der Waals surface area contributed by atoms with Gasteiger partial charge in [-0.3, -0.25) is 0 Å². The molecule has 0 saturated heterocycles. The number of rotatable bonds is 2. The summed E-state index contributed by atoms with van der Waals surface area (Å²) in [7, 11) is 0. The third kappa shape index (κ3) is 2.02. The molecule has 0 aliphatic carbocycles. The maximum Gasteiger partial charge on any atom is 0.172 e. The lowest BCUT2D eigenvalue weighted by atomic mass is 9.97. The van der Waals surface area contributed by atoms with Gasteiger partial charge in [-0.1, -0.05) is 25.1 Å². The second kappa shape index (κ2) is 4.20. The molecule has 1 heterocycles. The largest absolute Gasteiger partial charge is 0.381 e. The third-order valence-electron chi connectivity index (χ3n) is 2.78. The molecule has 0 spiro atoms. The molecule has 0 atom stereocenters. The Morgan fingerprint density at radius 1 is 1.35 bits per heavy atom. The molecule has 17 heavy (non-hydrogen) atoms. The SMILES string of the molecule is Cc1ccc(F)cc1-c1onc(N)c1C(C)C. The first-order valence-corrected chi connectivity index (χ1v) is 5.52. The van der Waals surface area contributed by atoms with Crippen molar-refractivity contribution >= 4 is 5.82 Å². The zero-order valence-electron chi connectivity index (χ0n) is 10.1. The lowest BCUT2D eigenvalue weighted by Gasteiger charge is -2.07. The Morgan fingerprint density at radius 3 is 2.71 bits per heavy atom. The van der Waals surface area contributed by atoms with Gasteiger partial charge in [-0.15, -0.1) is 0 Å². The first-order valence-electron chi connectivity index (χ1n) is 5.52. The van der Waals surface area contributed by atoms with Crippen LogP contribution in [0.25, 0.3) is 11.3 Å². The smallest absolute Gasteiger partial charge is 0.172 e. The van der Waals surface area contributed by atoms with Crippen LogP contribution in [-0.2, 0) is 0 Å². The van der Waals surface area contributed by atoms with Crippen LogP contribution in [0, 0.1) is 12.7 Å². The van der Waals surface area contributed by atoms with E-state index in [1.807, 2.05) is 20.8 Å². The summed E-state index contributed by atoms with van der Waals surface area (Å²) in [6, 6.07) is 4.59. The van der Waals surface area contributed by atoms with E-state index in [4.69, 9.17) is 10.3 Å². The van der Waals surface area contributed by atoms with Crippen LogP contribution in [-0.4, -0.2) is 5.16 Å². The molecule has 0 fully saturated rings. The molecule has 4 heteroatoms. The van der Waals surface area contributed by atoms with Gasteiger partial charge in [0.1, 0.15) is 5.82 Å². The van der Waals surface area contributed by atoms with Crippen molar-refractivity contribution in [3.05, 3.63) is 35.1 Å². The van der Waals surface area contributed by atoms with Crippen LogP contribution in [0.2, 0.25) is 0 Å². The predicted molar refractivity (Wildman–Crippen MR) is 65.1 cm³/mol. The summed E-state index contributed by atoms with van der Waals surface area (Å²) in [5.41, 5.74) is 8.24. The van der Waals surface area contributed by atoms with Crippen molar-refractivity contribution in [3.8, 4) is 11.3 Å². The zero-order valence-corrected chi connectivity index (χ0v) is 10.1. The zero-order chi connectivity index (χ0) is 12.6. The molecule has 3 nitrogen and oxygen atoms in total. The molecule has 90 valence electrons. The van der Waals surface area contributed by atoms with Gasteiger partial charge < -0.3 is 10.3 Å². The van der Waals surface area contributed by atoms with Crippen molar-refractivity contribution in [2.75, 3.05) is 5.73 Å². The minimum absolute atomic E-state index is 0.180. The second-order valence-electron chi connectivity index (χ2n) is 4.42. The molecule has 0 aliphatic rings. The number of benzene rings is 1. The van der Waals surface area contributed by atoms with Crippen LogP contribution < -0.4 is 5.73 Å². The van der Waals surface area contributed by atoms with Crippen LogP contribution in [0.4, 0.5) is 10.2 Å². The topological polar surface area (TPSA) is 52.0 Å². The molecule has 2 rings (SSSR count). The molecular formula is C13H15FN2O. The first-order chi connectivity index (χ1) is 8.00. The van der Waals surface area contributed by atoms with Gasteiger partial charge >= 0.3 is 0 Å². The van der Waals surface area contributed by atoms with Gasteiger partial charge in [0.05, 0.1) is 0 Å². The minimum atomic E-state index is -0.296. The highest BCUT2D eigenvalue weighted by Gasteiger charge is 2.20. The Bertz CT molecular complexity index is 546. The lowest BCUT2D eigenvalue weighted by Crippen LogP contribution is -1.96. The van der Waals surface area contributed by atoms with Gasteiger partial charge in [0.15, 0.2) is 11.6 Å². The van der Waals surface area contributed by atoms with Crippen LogP contribution in [0.5, 0.6) is 0 Å². The number of hydrogen-bond acceptors (Lipinski definition) is 3. The van der Waals surface area contributed by atoms with Crippen molar-refractivity contribution < 1.29 is 8.91 Å². The van der Waals surface area contributed by atoms with Crippen molar-refractivity contribution in [2.24, 2.45) is 0 Å². The average Bonchev–Trinajstić information content (AvgIpc) is 2.64. The number of aromatic nitrogens is 1. The van der Waals surface area contributed by atoms with E-state index in [-0.39, 0.29) is 11.7 Å². The number of aryl methyl sites for hydroxylation is 1. The molecule has 0 amide bonds. The van der Waals surface area contributed by atoms with Gasteiger partial charge in [0, 0.05) is 11.1 Å². The summed E-state index contributed by atoms with van der Waals surface area (Å²) in [5.74, 6) is 0.822. The molecule has 1 aromatic carbocycles. The Balaban J connectivity index is 2.64. The number of halogens is 1. The van der Waals surface area contributed by atoms with Crippen molar-refractivity contribution in [3.63, 3.8) is 0 Å². The molecule has 0 bridgehead atoms. The van der Waals surface area contributed by atoms with Gasteiger partial charge in [0.2, 0.25) is 0 Å². The Labute approximate surface area is 99.4 Å². The maximum absolute atomic E-state index is 13.3. The minimum Gasteiger partial charge on any atom is -0.381 e. The monoisotopic (exact) mass is 234 g/mol. The molecule has 2 N–H and O–H groups in total. The van der Waals surface area contributed by atoms with Gasteiger partial charge in [-0.2, -0.15) is 0 Å². The normalized spacial score (nSPS) is 11.1. The quantitative estimate of drug-likeness (QED) is 0.865. The number of nitrogens with two attached hydrogens (primary N) is 1. The first kappa shape index (κ1) is 11.6. The third-order valence-corrected chi connectivity index (χ3v) is 2.78. The van der Waals surface area contributed by atoms with Crippen LogP contribution in [0.15, 0.2) is 22.7 Å². The van der Waals surface area contributed by atoms with Crippen molar-refractivity contribution in [1.82, 2.24) is 5.16 Å². The number of nitrogens with zero attached hydrogens (tertiary/aromatic N) is 1. The summed E-state index contributed by atoms with van der Waals surface area (Å²) < 4.78 is 18.5. The molecule has 0 aliphatic heterocycles. The van der Waals surface area contributed by atoms with Crippen LogP contribution in [0.3, 0.4) is 0 Å². The van der Waals surface area contributed by atoms with Gasteiger partial charge in [0.25, 0.3) is 0 Å². The molecule has 1 aromatic heterocycles. The second-order valence-corrected chi connectivity index (χ2v) is 4.42. The molecule has 0 radical (unpaired) electrons. The summed E-state index contributed by atoms with van der Waals surface area (Å²) >= 11 is 0. The fourth-order valence-electron chi connectivity index (χ4n) is 1.90. The van der Waals surface area contributed by atoms with Crippen LogP contribution >= 0.6 is 0 Å². The van der Waals surface area contributed by atoms with Crippen LogP contribution in [0.1, 0.15) is 30.9 Å². The maximum atomic E-state index is 13.3. The summed E-state index contributed by atoms with van der Waals surface area (Å²) in [4.78, 5) is 0. The van der Waals surface area contributed by atoms with Crippen molar-refractivity contribution in [2.45, 2.75) is 26.7 Å². The predicted octanol–water partition coefficient (Wildman–Crippen LogP) is 3.49. The summed E-state index contributed by atoms with van der Waals surface area (Å²) in [6.45, 7) is 5.90. The van der Waals surface area contributed by atoms with E-state index in [2.05, 4.69) is 5.16 Å². The summed E-state index contributed by atoms with van der Waals surface area (Å²) in [5, 5.41) is 3.77. The highest BCUT2D eigenvalue weighted by molar-refractivity contribution is 5.69. The fourth-order valence-corrected chi connectivity index (χ4v) is 1.90. The van der Waals surface area contributed by atoms with E-state index >= 15 is 0 Å². The highest BCUT2D eigenvalue weighted by atomic mass is 19.1. The molecular weight excluding hydrogens is 219 g/mol. The van der Waals surface area contributed by atoms with Gasteiger partial charge in [-0.25, -0.2) is 4.39 Å². The Kier molecular flexibility index (Phi) is 2.88. The van der Waals surface area contributed by atoms with Crippen molar-refractivity contribution in [1.29, 1.82) is 0 Å². The standard InChI is InChI=1S/C13H15FN2O/c1-7(2)11-12(17-16-13(11)15)10-6-9(14)5-4-8(10)3/h4-7H,1-3H3,(H2,15,16). The average molecular weight is 234 g/mol. The van der Waals surface area contributed by atoms with Gasteiger partial charge in [-0.05, 0) is 30.5 Å². The molecule has 0 unspecified atom stereocenters. The van der Waals surface area contributed by atoms with E-state index in [0.29, 0.717) is 17.1 Å². The number of hydrogen-bond donors (Lipinski definition) is 1. The van der Waals surface area contributed by atoms with E-state index in [1.165, 1.54) is 12.1 Å². The Hall–Kier alpha value is -1.84. The summed E-state index contributed by atoms with van der Waals surface area (Å²) in [6.07, 6.45) is 0. The fraction of sp³-hybridized carbons (Fsp3) is 0.308. The molecule has 2 aromatic rings. The number of nitrogen functional groups attached to an aromatic ring is 1. The Morgan fingerprint density at radius 2 is 2.06 bits per heavy atom. The van der Waals surface area contributed by atoms with E-state index in [1.54, 1.807) is 6.07 Å². The molecule has 0 saturated carbocycles. The van der Waals surface area contributed by atoms with E-state index in [0.717, 1.165) is 11.1 Å². The van der Waals surface area contributed by atoms with E-state index < -0.39 is 0 Å². The van der Waals surface area contributed by atoms with E-state index in [9.17, 15) is 4.39 Å².